The Morgan fingerprint density at radius 3 is 2.79 bits per heavy atom. The lowest BCUT2D eigenvalue weighted by Crippen LogP contribution is -2.36. The van der Waals surface area contributed by atoms with Crippen molar-refractivity contribution in [2.24, 2.45) is 5.16 Å². The molecule has 1 amide bonds. The number of hydrogen-bond donors (Lipinski definition) is 1. The summed E-state index contributed by atoms with van der Waals surface area (Å²) >= 11 is 0. The number of esters is 1. The van der Waals surface area contributed by atoms with Gasteiger partial charge in [0, 0.05) is 5.56 Å². The zero-order valence-electron chi connectivity index (χ0n) is 10.3. The zero-order chi connectivity index (χ0) is 13.7. The largest absolute Gasteiger partial charge is 0.463 e. The van der Waals surface area contributed by atoms with Gasteiger partial charge in [-0.2, -0.15) is 0 Å². The van der Waals surface area contributed by atoms with Crippen LogP contribution in [0.25, 0.3) is 0 Å². The van der Waals surface area contributed by atoms with Crippen LogP contribution < -0.4 is 5.32 Å². The predicted molar refractivity (Wildman–Crippen MR) is 66.9 cm³/mol. The highest BCUT2D eigenvalue weighted by molar-refractivity contribution is 6.14. The number of benzene rings is 1. The summed E-state index contributed by atoms with van der Waals surface area (Å²) in [6, 6.07) is 9.04. The molecule has 0 unspecified atom stereocenters. The maximum Gasteiger partial charge on any atom is 0.334 e. The minimum Gasteiger partial charge on any atom is -0.463 e. The molecule has 98 valence electrons. The van der Waals surface area contributed by atoms with Crippen molar-refractivity contribution in [1.82, 2.24) is 5.32 Å². The van der Waals surface area contributed by atoms with E-state index in [0.29, 0.717) is 11.4 Å². The maximum atomic E-state index is 11.7. The van der Waals surface area contributed by atoms with Crippen molar-refractivity contribution >= 4 is 17.7 Å². The topological polar surface area (TPSA) is 77.0 Å². The molecule has 0 saturated heterocycles. The third-order valence-corrected chi connectivity index (χ3v) is 2.27. The maximum absolute atomic E-state index is 11.7. The minimum atomic E-state index is -0.647. The molecular weight excluding hydrogens is 248 g/mol. The molecule has 1 N–H and O–H groups in total. The lowest BCUT2D eigenvalue weighted by atomic mass is 10.2. The van der Waals surface area contributed by atoms with Gasteiger partial charge in [-0.05, 0) is 6.92 Å². The van der Waals surface area contributed by atoms with Crippen LogP contribution in [0.1, 0.15) is 12.5 Å². The predicted octanol–water partition coefficient (Wildman–Crippen LogP) is 0.942. The average molecular weight is 260 g/mol. The number of rotatable bonds is 3. The van der Waals surface area contributed by atoms with E-state index in [9.17, 15) is 9.59 Å². The lowest BCUT2D eigenvalue weighted by Gasteiger charge is -2.14. The van der Waals surface area contributed by atoms with Gasteiger partial charge in [-0.25, -0.2) is 4.79 Å². The molecule has 0 atom stereocenters. The van der Waals surface area contributed by atoms with Gasteiger partial charge in [0.1, 0.15) is 0 Å². The second kappa shape index (κ2) is 5.81. The molecule has 0 saturated carbocycles. The number of amidine groups is 1. The Hall–Kier alpha value is -2.63. The summed E-state index contributed by atoms with van der Waals surface area (Å²) in [5.74, 6) is -1.09. The number of nitrogens with zero attached hydrogens (tertiary/aromatic N) is 1. The molecule has 0 spiro atoms. The smallest absolute Gasteiger partial charge is 0.334 e. The third-order valence-electron chi connectivity index (χ3n) is 2.27. The summed E-state index contributed by atoms with van der Waals surface area (Å²) in [5.41, 5.74) is 0.714. The van der Waals surface area contributed by atoms with Crippen molar-refractivity contribution in [3.05, 3.63) is 47.7 Å². The van der Waals surface area contributed by atoms with E-state index in [1.165, 1.54) is 0 Å². The number of oxime groups is 1. The van der Waals surface area contributed by atoms with Gasteiger partial charge in [-0.1, -0.05) is 35.5 Å². The monoisotopic (exact) mass is 260 g/mol. The van der Waals surface area contributed by atoms with Gasteiger partial charge in [0.05, 0.1) is 12.7 Å². The SMILES string of the molecule is CCOC(=O)/C=C1/ON=C(c2ccccc2)NC1=O. The van der Waals surface area contributed by atoms with E-state index in [1.807, 2.05) is 18.2 Å². The van der Waals surface area contributed by atoms with Crippen LogP contribution in [0.5, 0.6) is 0 Å². The average Bonchev–Trinajstić information content (AvgIpc) is 2.42. The molecule has 19 heavy (non-hydrogen) atoms. The molecule has 0 fully saturated rings. The van der Waals surface area contributed by atoms with Gasteiger partial charge < -0.3 is 14.9 Å². The summed E-state index contributed by atoms with van der Waals surface area (Å²) in [7, 11) is 0. The molecule has 2 rings (SSSR count). The van der Waals surface area contributed by atoms with Gasteiger partial charge in [0.2, 0.25) is 5.76 Å². The van der Waals surface area contributed by atoms with Crippen molar-refractivity contribution in [2.75, 3.05) is 6.61 Å². The van der Waals surface area contributed by atoms with Crippen LogP contribution in [0.4, 0.5) is 0 Å². The van der Waals surface area contributed by atoms with Gasteiger partial charge in [-0.15, -0.1) is 0 Å². The van der Waals surface area contributed by atoms with Crippen LogP contribution in [0.15, 0.2) is 47.3 Å². The van der Waals surface area contributed by atoms with Crippen molar-refractivity contribution in [3.8, 4) is 0 Å². The fourth-order valence-corrected chi connectivity index (χ4v) is 1.43. The first-order chi connectivity index (χ1) is 9.20. The Kier molecular flexibility index (Phi) is 3.92. The standard InChI is InChI=1S/C13H12N2O4/c1-2-18-11(16)8-10-13(17)14-12(15-19-10)9-6-4-3-5-7-9/h3-8H,2H2,1H3,(H,14,15,17)/b10-8+. The molecule has 0 aliphatic carbocycles. The van der Waals surface area contributed by atoms with Crippen molar-refractivity contribution < 1.29 is 19.2 Å². The van der Waals surface area contributed by atoms with E-state index < -0.39 is 11.9 Å². The molecule has 0 aromatic heterocycles. The summed E-state index contributed by atoms with van der Waals surface area (Å²) in [4.78, 5) is 27.8. The number of carbonyl (C=O) groups excluding carboxylic acids is 2. The fourth-order valence-electron chi connectivity index (χ4n) is 1.43. The van der Waals surface area contributed by atoms with E-state index in [1.54, 1.807) is 19.1 Å². The van der Waals surface area contributed by atoms with Gasteiger partial charge in [0.15, 0.2) is 5.84 Å². The molecule has 1 aromatic rings. The van der Waals surface area contributed by atoms with Crippen LogP contribution in [0, 0.1) is 0 Å². The Balaban J connectivity index is 2.14. The number of carbonyl (C=O) groups is 2. The zero-order valence-corrected chi connectivity index (χ0v) is 10.3. The number of nitrogens with one attached hydrogen (secondary N) is 1. The number of hydrogen-bond acceptors (Lipinski definition) is 5. The molecule has 1 aliphatic rings. The van der Waals surface area contributed by atoms with Crippen LogP contribution in [-0.2, 0) is 19.2 Å². The van der Waals surface area contributed by atoms with E-state index in [0.717, 1.165) is 6.08 Å². The quantitative estimate of drug-likeness (QED) is 0.648. The number of ether oxygens (including phenoxy) is 1. The first-order valence-corrected chi connectivity index (χ1v) is 5.71. The highest BCUT2D eigenvalue weighted by Crippen LogP contribution is 2.09. The summed E-state index contributed by atoms with van der Waals surface area (Å²) in [6.45, 7) is 1.90. The van der Waals surface area contributed by atoms with Gasteiger partial charge >= 0.3 is 5.97 Å². The molecule has 1 aliphatic heterocycles. The van der Waals surface area contributed by atoms with Crippen molar-refractivity contribution in [1.29, 1.82) is 0 Å². The molecule has 0 bridgehead atoms. The summed E-state index contributed by atoms with van der Waals surface area (Å²) < 4.78 is 4.68. The normalized spacial score (nSPS) is 16.4. The first kappa shape index (κ1) is 12.8. The van der Waals surface area contributed by atoms with E-state index >= 15 is 0 Å². The van der Waals surface area contributed by atoms with Gasteiger partial charge in [0.25, 0.3) is 5.91 Å². The fraction of sp³-hybridized carbons (Fsp3) is 0.154. The molecule has 1 heterocycles. The van der Waals surface area contributed by atoms with Crippen molar-refractivity contribution in [2.45, 2.75) is 6.92 Å². The van der Waals surface area contributed by atoms with E-state index in [2.05, 4.69) is 15.2 Å². The first-order valence-electron chi connectivity index (χ1n) is 5.71. The van der Waals surface area contributed by atoms with Crippen LogP contribution in [-0.4, -0.2) is 24.3 Å². The Labute approximate surface area is 109 Å². The summed E-state index contributed by atoms with van der Waals surface area (Å²) in [5, 5.41) is 6.29. The lowest BCUT2D eigenvalue weighted by molar-refractivity contribution is -0.138. The van der Waals surface area contributed by atoms with Crippen LogP contribution in [0.2, 0.25) is 0 Å². The highest BCUT2D eigenvalue weighted by atomic mass is 16.6. The molecule has 6 nitrogen and oxygen atoms in total. The molecular formula is C13H12N2O4. The van der Waals surface area contributed by atoms with Crippen LogP contribution in [0.3, 0.4) is 0 Å². The molecule has 6 heteroatoms. The van der Waals surface area contributed by atoms with Gasteiger partial charge in [-0.3, -0.25) is 4.79 Å². The second-order valence-corrected chi connectivity index (χ2v) is 3.61. The third kappa shape index (κ3) is 3.19. The summed E-state index contributed by atoms with van der Waals surface area (Å²) in [6.07, 6.45) is 0.962. The van der Waals surface area contributed by atoms with E-state index in [-0.39, 0.29) is 12.4 Å². The Morgan fingerprint density at radius 2 is 2.16 bits per heavy atom. The minimum absolute atomic E-state index is 0.196. The number of amides is 1. The van der Waals surface area contributed by atoms with Crippen molar-refractivity contribution in [3.63, 3.8) is 0 Å². The van der Waals surface area contributed by atoms with Crippen LogP contribution >= 0.6 is 0 Å². The van der Waals surface area contributed by atoms with E-state index in [4.69, 9.17) is 4.84 Å². The molecule has 0 radical (unpaired) electrons. The second-order valence-electron chi connectivity index (χ2n) is 3.61. The Bertz CT molecular complexity index is 549. The molecule has 1 aromatic carbocycles. The Morgan fingerprint density at radius 1 is 1.42 bits per heavy atom. The highest BCUT2D eigenvalue weighted by Gasteiger charge is 2.22.